The van der Waals surface area contributed by atoms with Gasteiger partial charge in [0.2, 0.25) is 0 Å². The van der Waals surface area contributed by atoms with Gasteiger partial charge >= 0.3 is 6.18 Å². The minimum absolute atomic E-state index is 0.0122. The Morgan fingerprint density at radius 3 is 2.64 bits per heavy atom. The van der Waals surface area contributed by atoms with Gasteiger partial charge < -0.3 is 0 Å². The maximum atomic E-state index is 13.4. The van der Waals surface area contributed by atoms with E-state index in [1.807, 2.05) is 6.08 Å². The largest absolute Gasteiger partial charge is 0.416 e. The van der Waals surface area contributed by atoms with Crippen molar-refractivity contribution in [1.82, 2.24) is 0 Å². The number of benzene rings is 1. The zero-order valence-electron chi connectivity index (χ0n) is 11.8. The van der Waals surface area contributed by atoms with E-state index in [2.05, 4.69) is 0 Å². The van der Waals surface area contributed by atoms with Crippen molar-refractivity contribution in [3.8, 4) is 0 Å². The Labute approximate surface area is 128 Å². The van der Waals surface area contributed by atoms with Gasteiger partial charge in [-0.25, -0.2) is 4.39 Å². The number of fused-ring (bicyclic) bond motifs is 2. The summed E-state index contributed by atoms with van der Waals surface area (Å²) in [6, 6.07) is 2.67. The number of halogens is 4. The monoisotopic (exact) mass is 332 g/mol. The van der Waals surface area contributed by atoms with Crippen LogP contribution in [0.4, 0.5) is 17.6 Å². The molecule has 2 aliphatic rings. The van der Waals surface area contributed by atoms with Gasteiger partial charge in [0.1, 0.15) is 5.82 Å². The van der Waals surface area contributed by atoms with Gasteiger partial charge in [0.05, 0.1) is 10.8 Å². The van der Waals surface area contributed by atoms with Crippen LogP contribution in [0.3, 0.4) is 0 Å². The maximum absolute atomic E-state index is 13.4. The molecule has 0 spiro atoms. The first-order valence-corrected chi connectivity index (χ1v) is 8.56. The van der Waals surface area contributed by atoms with Crippen molar-refractivity contribution in [3.05, 3.63) is 46.8 Å². The molecule has 1 fully saturated rings. The van der Waals surface area contributed by atoms with Crippen molar-refractivity contribution in [3.63, 3.8) is 0 Å². The van der Waals surface area contributed by atoms with Crippen LogP contribution >= 0.6 is 0 Å². The van der Waals surface area contributed by atoms with Crippen LogP contribution in [0.25, 0.3) is 0 Å². The lowest BCUT2D eigenvalue weighted by Gasteiger charge is -2.32. The van der Waals surface area contributed by atoms with E-state index in [-0.39, 0.29) is 10.5 Å². The molecule has 0 radical (unpaired) electrons. The lowest BCUT2D eigenvalue weighted by molar-refractivity contribution is -0.137. The van der Waals surface area contributed by atoms with Crippen molar-refractivity contribution < 1.29 is 21.8 Å². The van der Waals surface area contributed by atoms with E-state index in [1.54, 1.807) is 0 Å². The van der Waals surface area contributed by atoms with E-state index in [9.17, 15) is 21.8 Å². The average molecular weight is 332 g/mol. The van der Waals surface area contributed by atoms with Crippen LogP contribution in [-0.2, 0) is 23.4 Å². The molecule has 0 amide bonds. The first-order valence-electron chi connectivity index (χ1n) is 7.28. The Balaban J connectivity index is 1.85. The molecule has 2 aliphatic heterocycles. The molecule has 6 heteroatoms. The Morgan fingerprint density at radius 1 is 1.18 bits per heavy atom. The van der Waals surface area contributed by atoms with Crippen LogP contribution in [0.1, 0.15) is 36.8 Å². The fourth-order valence-corrected chi connectivity index (χ4v) is 5.29. The molecule has 0 aliphatic carbocycles. The molecule has 22 heavy (non-hydrogen) atoms. The number of alkyl halides is 3. The molecule has 3 rings (SSSR count). The van der Waals surface area contributed by atoms with Crippen molar-refractivity contribution in [1.29, 1.82) is 0 Å². The molecule has 120 valence electrons. The summed E-state index contributed by atoms with van der Waals surface area (Å²) < 4.78 is 63.8. The van der Waals surface area contributed by atoms with E-state index in [1.165, 1.54) is 0 Å². The summed E-state index contributed by atoms with van der Waals surface area (Å²) in [5, 5.41) is 0.118. The van der Waals surface area contributed by atoms with Crippen LogP contribution in [0.5, 0.6) is 0 Å². The molecule has 2 heterocycles. The third kappa shape index (κ3) is 3.26. The average Bonchev–Trinajstić information content (AvgIpc) is 2.38. The van der Waals surface area contributed by atoms with Crippen molar-refractivity contribution in [2.75, 3.05) is 0 Å². The first-order chi connectivity index (χ1) is 10.3. The topological polar surface area (TPSA) is 17.1 Å². The van der Waals surface area contributed by atoms with Gasteiger partial charge in [-0.3, -0.25) is 4.21 Å². The summed E-state index contributed by atoms with van der Waals surface area (Å²) in [6.45, 7) is 0. The molecule has 1 nitrogen and oxygen atoms in total. The summed E-state index contributed by atoms with van der Waals surface area (Å²) in [4.78, 5) is 0. The zero-order chi connectivity index (χ0) is 15.9. The molecule has 1 aromatic carbocycles. The minimum Gasteiger partial charge on any atom is -0.259 e. The van der Waals surface area contributed by atoms with Crippen molar-refractivity contribution >= 4 is 10.8 Å². The zero-order valence-corrected chi connectivity index (χ0v) is 12.6. The van der Waals surface area contributed by atoms with Crippen molar-refractivity contribution in [2.45, 2.75) is 48.8 Å². The molecule has 2 bridgehead atoms. The van der Waals surface area contributed by atoms with Crippen LogP contribution < -0.4 is 0 Å². The van der Waals surface area contributed by atoms with E-state index in [4.69, 9.17) is 0 Å². The van der Waals surface area contributed by atoms with Gasteiger partial charge in [-0.15, -0.1) is 0 Å². The van der Waals surface area contributed by atoms with Crippen LogP contribution in [-0.4, -0.2) is 14.7 Å². The van der Waals surface area contributed by atoms with Crippen LogP contribution in [0.2, 0.25) is 0 Å². The fourth-order valence-electron chi connectivity index (χ4n) is 3.29. The third-order valence-electron chi connectivity index (χ3n) is 4.27. The van der Waals surface area contributed by atoms with Gasteiger partial charge in [0.25, 0.3) is 0 Å². The fraction of sp³-hybridized carbons (Fsp3) is 0.500. The quantitative estimate of drug-likeness (QED) is 0.580. The molecule has 1 aromatic rings. The molecule has 0 saturated carbocycles. The second kappa shape index (κ2) is 5.80. The highest BCUT2D eigenvalue weighted by Gasteiger charge is 2.34. The van der Waals surface area contributed by atoms with Gasteiger partial charge in [0.15, 0.2) is 0 Å². The van der Waals surface area contributed by atoms with E-state index >= 15 is 0 Å². The van der Waals surface area contributed by atoms with Gasteiger partial charge in [-0.05, 0) is 49.4 Å². The second-order valence-corrected chi connectivity index (χ2v) is 7.90. The van der Waals surface area contributed by atoms with Crippen molar-refractivity contribution in [2.24, 2.45) is 0 Å². The normalized spacial score (nSPS) is 28.4. The highest BCUT2D eigenvalue weighted by Crippen LogP contribution is 2.35. The molecule has 0 N–H and O–H groups in total. The predicted molar refractivity (Wildman–Crippen MR) is 77.4 cm³/mol. The SMILES string of the molecule is O=S1C2C=C(Cc3cc(F)cc(C(F)(F)F)c3)CC1CCC2. The molecule has 3 atom stereocenters. The molecular formula is C16H16F4OS. The van der Waals surface area contributed by atoms with E-state index < -0.39 is 28.4 Å². The second-order valence-electron chi connectivity index (χ2n) is 5.97. The predicted octanol–water partition coefficient (Wildman–Crippen LogP) is 4.39. The van der Waals surface area contributed by atoms with Crippen LogP contribution in [0.15, 0.2) is 29.8 Å². The Kier molecular flexibility index (Phi) is 4.14. The number of hydrogen-bond donors (Lipinski definition) is 0. The van der Waals surface area contributed by atoms with Gasteiger partial charge in [0, 0.05) is 16.0 Å². The Bertz CT molecular complexity index is 636. The summed E-state index contributed by atoms with van der Waals surface area (Å²) in [6.07, 6.45) is 1.13. The Hall–Kier alpha value is -1.17. The molecule has 3 unspecified atom stereocenters. The maximum Gasteiger partial charge on any atom is 0.416 e. The number of rotatable bonds is 2. The summed E-state index contributed by atoms with van der Waals surface area (Å²) in [7, 11) is -0.868. The molecule has 1 saturated heterocycles. The lowest BCUT2D eigenvalue weighted by atomic mass is 9.93. The molecular weight excluding hydrogens is 316 g/mol. The molecule has 0 aromatic heterocycles. The van der Waals surface area contributed by atoms with Crippen LogP contribution in [0, 0.1) is 5.82 Å². The summed E-state index contributed by atoms with van der Waals surface area (Å²) >= 11 is 0. The lowest BCUT2D eigenvalue weighted by Crippen LogP contribution is -2.34. The number of allylic oxidation sites excluding steroid dienone is 1. The highest BCUT2D eigenvalue weighted by atomic mass is 32.2. The Morgan fingerprint density at radius 2 is 1.95 bits per heavy atom. The third-order valence-corrected chi connectivity index (χ3v) is 6.30. The number of hydrogen-bond acceptors (Lipinski definition) is 1. The van der Waals surface area contributed by atoms with E-state index in [0.29, 0.717) is 24.5 Å². The smallest absolute Gasteiger partial charge is 0.259 e. The van der Waals surface area contributed by atoms with Gasteiger partial charge in [-0.1, -0.05) is 18.1 Å². The first kappa shape index (κ1) is 15.7. The standard InChI is InChI=1S/C16H16F4OS/c17-13-6-10(5-12(9-13)16(18,19)20)4-11-7-14-2-1-3-15(8-11)22(14)21/h5-7,9,14-15H,1-4,8H2. The highest BCUT2D eigenvalue weighted by molar-refractivity contribution is 7.86. The van der Waals surface area contributed by atoms with E-state index in [0.717, 1.165) is 37.0 Å². The minimum atomic E-state index is -4.55. The summed E-state index contributed by atoms with van der Waals surface area (Å²) in [5.41, 5.74) is 0.347. The summed E-state index contributed by atoms with van der Waals surface area (Å²) in [5.74, 6) is -0.870. The van der Waals surface area contributed by atoms with Gasteiger partial charge in [-0.2, -0.15) is 13.2 Å².